The Morgan fingerprint density at radius 2 is 1.92 bits per heavy atom. The number of hydrogen-bond acceptors (Lipinski definition) is 10. The van der Waals surface area contributed by atoms with Crippen LogP contribution in [0.5, 0.6) is 0 Å². The number of amides is 1. The average molecular weight is 386 g/mol. The van der Waals surface area contributed by atoms with E-state index in [9.17, 15) is 25.0 Å². The highest BCUT2D eigenvalue weighted by molar-refractivity contribution is 6.34. The van der Waals surface area contributed by atoms with Crippen LogP contribution in [0.3, 0.4) is 0 Å². The molecule has 2 rings (SSSR count). The minimum absolute atomic E-state index is 0.0162. The van der Waals surface area contributed by atoms with Crippen molar-refractivity contribution in [3.63, 3.8) is 0 Å². The molecule has 26 heavy (non-hydrogen) atoms. The summed E-state index contributed by atoms with van der Waals surface area (Å²) < 4.78 is 4.30. The number of anilines is 2. The molecule has 0 aliphatic rings. The highest BCUT2D eigenvalue weighted by atomic mass is 35.5. The summed E-state index contributed by atoms with van der Waals surface area (Å²) in [5, 5.41) is 33.7. The lowest BCUT2D eigenvalue weighted by Crippen LogP contribution is -2.29. The van der Waals surface area contributed by atoms with Crippen molar-refractivity contribution in [2.24, 2.45) is 0 Å². The summed E-state index contributed by atoms with van der Waals surface area (Å²) in [4.78, 5) is 32.3. The van der Waals surface area contributed by atoms with Gasteiger partial charge in [0, 0.05) is 18.7 Å². The van der Waals surface area contributed by atoms with Gasteiger partial charge in [0.05, 0.1) is 15.9 Å². The summed E-state index contributed by atoms with van der Waals surface area (Å²) in [7, 11) is 0. The molecule has 4 N–H and O–H groups in total. The number of aromatic nitrogens is 2. The third kappa shape index (κ3) is 3.77. The fraction of sp³-hybridized carbons (Fsp3) is 0.250. The second kappa shape index (κ2) is 7.60. The van der Waals surface area contributed by atoms with E-state index in [4.69, 9.17) is 17.3 Å². The van der Waals surface area contributed by atoms with Gasteiger partial charge in [0.2, 0.25) is 11.5 Å². The van der Waals surface area contributed by atoms with E-state index in [0.29, 0.717) is 0 Å². The first-order valence-electron chi connectivity index (χ1n) is 6.96. The fourth-order valence-corrected chi connectivity index (χ4v) is 2.28. The van der Waals surface area contributed by atoms with E-state index in [0.717, 1.165) is 6.07 Å². The van der Waals surface area contributed by atoms with Crippen molar-refractivity contribution in [2.45, 2.75) is 6.92 Å². The van der Waals surface area contributed by atoms with E-state index in [1.165, 1.54) is 6.92 Å². The fourth-order valence-electron chi connectivity index (χ4n) is 2.06. The molecule has 0 saturated carbocycles. The normalized spacial score (nSPS) is 10.4. The first-order valence-corrected chi connectivity index (χ1v) is 7.33. The average Bonchev–Trinajstić information content (AvgIpc) is 3.00. The molecule has 1 amide bonds. The van der Waals surface area contributed by atoms with Gasteiger partial charge in [0.25, 0.3) is 17.3 Å². The van der Waals surface area contributed by atoms with Crippen molar-refractivity contribution in [3.8, 4) is 0 Å². The van der Waals surface area contributed by atoms with Gasteiger partial charge in [-0.05, 0) is 17.2 Å². The molecule has 0 saturated heterocycles. The zero-order valence-corrected chi connectivity index (χ0v) is 13.9. The van der Waals surface area contributed by atoms with E-state index < -0.39 is 27.1 Å². The number of hydrogen-bond donors (Lipinski definition) is 3. The van der Waals surface area contributed by atoms with Gasteiger partial charge in [-0.15, -0.1) is 0 Å². The van der Waals surface area contributed by atoms with Gasteiger partial charge >= 0.3 is 0 Å². The van der Waals surface area contributed by atoms with Crippen molar-refractivity contribution in [3.05, 3.63) is 42.6 Å². The van der Waals surface area contributed by atoms with Crippen LogP contribution < -0.4 is 16.4 Å². The third-order valence-electron chi connectivity index (χ3n) is 3.29. The second-order valence-electron chi connectivity index (χ2n) is 4.92. The molecule has 0 atom stereocenters. The Morgan fingerprint density at radius 3 is 2.46 bits per heavy atom. The van der Waals surface area contributed by atoms with Gasteiger partial charge in [-0.2, -0.15) is 0 Å². The van der Waals surface area contributed by atoms with Crippen LogP contribution in [-0.2, 0) is 0 Å². The van der Waals surface area contributed by atoms with E-state index >= 15 is 0 Å². The molecule has 1 aromatic carbocycles. The lowest BCUT2D eigenvalue weighted by molar-refractivity contribution is -0.393. The molecule has 1 heterocycles. The Kier molecular flexibility index (Phi) is 5.51. The van der Waals surface area contributed by atoms with Crippen LogP contribution in [0.1, 0.15) is 16.1 Å². The second-order valence-corrected chi connectivity index (χ2v) is 5.30. The van der Waals surface area contributed by atoms with Crippen LogP contribution in [0.25, 0.3) is 0 Å². The molecular formula is C12H12ClN7O6. The number of nitrogen functional groups attached to an aromatic ring is 1. The molecule has 0 fully saturated rings. The highest BCUT2D eigenvalue weighted by Gasteiger charge is 2.27. The molecule has 13 nitrogen and oxygen atoms in total. The largest absolute Gasteiger partial charge is 0.379 e. The SMILES string of the molecule is Cc1c(Cl)c([N+](=O)[O-])cc([N+](=O)[O-])c1NCCNC(=O)c1nonc1N. The predicted octanol–water partition coefficient (Wildman–Crippen LogP) is 1.27. The number of nitrogens with one attached hydrogen (secondary N) is 2. The molecule has 0 radical (unpaired) electrons. The van der Waals surface area contributed by atoms with Gasteiger partial charge in [0.1, 0.15) is 10.7 Å². The summed E-state index contributed by atoms with van der Waals surface area (Å²) in [5.74, 6) is -0.817. The van der Waals surface area contributed by atoms with Crippen molar-refractivity contribution < 1.29 is 19.3 Å². The first kappa shape index (κ1) is 18.9. The summed E-state index contributed by atoms with van der Waals surface area (Å²) in [5.41, 5.74) is 4.28. The topological polar surface area (TPSA) is 192 Å². The number of carbonyl (C=O) groups is 1. The number of benzene rings is 1. The van der Waals surface area contributed by atoms with E-state index in [1.54, 1.807) is 0 Å². The first-order chi connectivity index (χ1) is 12.2. The smallest absolute Gasteiger partial charge is 0.299 e. The zero-order chi connectivity index (χ0) is 19.4. The molecule has 0 spiro atoms. The van der Waals surface area contributed by atoms with Crippen LogP contribution in [0.2, 0.25) is 5.02 Å². The molecular weight excluding hydrogens is 374 g/mol. The maximum atomic E-state index is 11.8. The van der Waals surface area contributed by atoms with E-state index in [-0.39, 0.29) is 40.9 Å². The van der Waals surface area contributed by atoms with Gasteiger partial charge in [-0.25, -0.2) is 4.63 Å². The molecule has 138 valence electrons. The zero-order valence-electron chi connectivity index (χ0n) is 13.2. The molecule has 0 aliphatic carbocycles. The maximum absolute atomic E-state index is 11.8. The van der Waals surface area contributed by atoms with Crippen molar-refractivity contribution >= 4 is 40.4 Å². The van der Waals surface area contributed by atoms with Crippen LogP contribution >= 0.6 is 11.6 Å². The number of nitrogens with two attached hydrogens (primary N) is 1. The summed E-state index contributed by atoms with van der Waals surface area (Å²) in [6.45, 7) is 1.51. The molecule has 0 unspecified atom stereocenters. The van der Waals surface area contributed by atoms with Crippen LogP contribution in [0.4, 0.5) is 22.9 Å². The van der Waals surface area contributed by atoms with E-state index in [1.807, 2.05) is 0 Å². The highest BCUT2D eigenvalue weighted by Crippen LogP contribution is 2.39. The van der Waals surface area contributed by atoms with Crippen LogP contribution in [0.15, 0.2) is 10.7 Å². The molecule has 0 bridgehead atoms. The Hall–Kier alpha value is -3.48. The number of nitro groups is 2. The lowest BCUT2D eigenvalue weighted by atomic mass is 10.1. The van der Waals surface area contributed by atoms with Crippen molar-refractivity contribution in [1.82, 2.24) is 15.6 Å². The maximum Gasteiger partial charge on any atom is 0.299 e. The Balaban J connectivity index is 2.10. The molecule has 1 aromatic heterocycles. The Labute approximate surface area is 149 Å². The van der Waals surface area contributed by atoms with Gasteiger partial charge < -0.3 is 16.4 Å². The quantitative estimate of drug-likeness (QED) is 0.355. The standard InChI is InChI=1S/C12H12ClN7O6/c1-5-8(13)6(19(22)23)4-7(20(24)25)9(5)15-2-3-16-12(21)10-11(14)18-26-17-10/h4,15H,2-3H2,1H3,(H2,14,18)(H,16,21). The van der Waals surface area contributed by atoms with Crippen LogP contribution in [0, 0.1) is 27.2 Å². The Bertz CT molecular complexity index is 883. The minimum atomic E-state index is -0.803. The van der Waals surface area contributed by atoms with Crippen molar-refractivity contribution in [2.75, 3.05) is 24.1 Å². The molecule has 0 aliphatic heterocycles. The molecule has 2 aromatic rings. The summed E-state index contributed by atoms with van der Waals surface area (Å²) in [6, 6.07) is 0.776. The summed E-state index contributed by atoms with van der Waals surface area (Å²) >= 11 is 5.90. The predicted molar refractivity (Wildman–Crippen MR) is 89.0 cm³/mol. The minimum Gasteiger partial charge on any atom is -0.379 e. The van der Waals surface area contributed by atoms with Gasteiger partial charge in [0.15, 0.2) is 0 Å². The summed E-state index contributed by atoms with van der Waals surface area (Å²) in [6.07, 6.45) is 0. The molecule has 14 heteroatoms. The van der Waals surface area contributed by atoms with Crippen LogP contribution in [-0.4, -0.2) is 39.2 Å². The third-order valence-corrected chi connectivity index (χ3v) is 3.77. The number of carbonyl (C=O) groups excluding carboxylic acids is 1. The number of halogens is 1. The number of rotatable bonds is 7. The van der Waals surface area contributed by atoms with Crippen molar-refractivity contribution in [1.29, 1.82) is 0 Å². The number of nitrogens with zero attached hydrogens (tertiary/aromatic N) is 4. The van der Waals surface area contributed by atoms with E-state index in [2.05, 4.69) is 25.6 Å². The van der Waals surface area contributed by atoms with Gasteiger partial charge in [-0.3, -0.25) is 25.0 Å². The monoisotopic (exact) mass is 385 g/mol. The Morgan fingerprint density at radius 1 is 1.27 bits per heavy atom. The number of nitro benzene ring substituents is 2. The lowest BCUT2D eigenvalue weighted by Gasteiger charge is -2.12. The van der Waals surface area contributed by atoms with Gasteiger partial charge in [-0.1, -0.05) is 11.6 Å².